The second-order valence-corrected chi connectivity index (χ2v) is 4.49. The Balaban J connectivity index is 2.25. The van der Waals surface area contributed by atoms with E-state index in [0.717, 1.165) is 0 Å². The van der Waals surface area contributed by atoms with Gasteiger partial charge in [-0.05, 0) is 40.2 Å². The molecule has 0 unspecified atom stereocenters. The van der Waals surface area contributed by atoms with Crippen LogP contribution < -0.4 is 4.74 Å². The third-order valence-corrected chi connectivity index (χ3v) is 3.04. The fourth-order valence-corrected chi connectivity index (χ4v) is 1.85. The maximum absolute atomic E-state index is 12.0. The molecule has 0 heterocycles. The quantitative estimate of drug-likeness (QED) is 0.287. The smallest absolute Gasteiger partial charge is 0.416 e. The van der Waals surface area contributed by atoms with Crippen LogP contribution in [0.15, 0.2) is 59.1 Å². The molecule has 0 fully saturated rings. The first-order valence-electron chi connectivity index (χ1n) is 5.46. The Morgan fingerprint density at radius 3 is 2.32 bits per heavy atom. The Kier molecular flexibility index (Phi) is 4.23. The van der Waals surface area contributed by atoms with Crippen LogP contribution in [0.5, 0.6) is 5.75 Å². The lowest BCUT2D eigenvalue weighted by Crippen LogP contribution is -2.22. The first-order chi connectivity index (χ1) is 9.22. The van der Waals surface area contributed by atoms with Crippen LogP contribution in [0.1, 0.15) is 5.56 Å². The number of esters is 1. The molecule has 0 aliphatic heterocycles. The first kappa shape index (κ1) is 13.2. The minimum absolute atomic E-state index is 0.142. The number of rotatable bonds is 3. The highest BCUT2D eigenvalue weighted by Gasteiger charge is 2.25. The molecular weight excluding hydrogens is 308 g/mol. The summed E-state index contributed by atoms with van der Waals surface area (Å²) in [4.78, 5) is 15.0. The van der Waals surface area contributed by atoms with Gasteiger partial charge in [-0.25, -0.2) is 4.79 Å². The van der Waals surface area contributed by atoms with Gasteiger partial charge in [-0.1, -0.05) is 30.3 Å². The van der Waals surface area contributed by atoms with Gasteiger partial charge in [0.25, 0.3) is 0 Å². The van der Waals surface area contributed by atoms with Crippen LogP contribution in [0.2, 0.25) is 0 Å². The number of halogens is 1. The number of ether oxygens (including phenoxy) is 1. The molecule has 0 spiro atoms. The van der Waals surface area contributed by atoms with Crippen LogP contribution in [-0.2, 0) is 4.79 Å². The normalized spacial score (nSPS) is 9.53. The van der Waals surface area contributed by atoms with Crippen LogP contribution in [0.4, 0.5) is 0 Å². The number of benzene rings is 2. The van der Waals surface area contributed by atoms with Crippen LogP contribution in [0.3, 0.4) is 0 Å². The Morgan fingerprint density at radius 2 is 1.68 bits per heavy atom. The Hall–Kier alpha value is -2.23. The van der Waals surface area contributed by atoms with Crippen molar-refractivity contribution in [1.29, 1.82) is 0 Å². The molecule has 0 aliphatic carbocycles. The molecule has 2 aromatic rings. The summed E-state index contributed by atoms with van der Waals surface area (Å²) in [6.07, 6.45) is 0. The fourth-order valence-electron chi connectivity index (χ4n) is 1.49. The number of hydrogen-bond acceptors (Lipinski definition) is 2. The molecule has 0 aliphatic rings. The highest BCUT2D eigenvalue weighted by atomic mass is 79.9. The molecule has 94 valence electrons. The summed E-state index contributed by atoms with van der Waals surface area (Å²) < 4.78 is 5.82. The van der Waals surface area contributed by atoms with E-state index in [4.69, 9.17) is 10.3 Å². The molecule has 0 radical (unpaired) electrons. The summed E-state index contributed by atoms with van der Waals surface area (Å²) in [5, 5.41) is 0. The monoisotopic (exact) mass is 316 g/mol. The predicted molar refractivity (Wildman–Crippen MR) is 73.9 cm³/mol. The maximum atomic E-state index is 12.0. The molecule has 2 aromatic carbocycles. The largest absolute Gasteiger partial charge is 0.427 e. The molecular formula is C14H9BrN2O2. The Morgan fingerprint density at radius 1 is 1.05 bits per heavy atom. The van der Waals surface area contributed by atoms with Crippen molar-refractivity contribution in [3.63, 3.8) is 0 Å². The Labute approximate surface area is 118 Å². The summed E-state index contributed by atoms with van der Waals surface area (Å²) in [6, 6.07) is 15.6. The fraction of sp³-hybridized carbons (Fsp3) is 0. The van der Waals surface area contributed by atoms with Crippen molar-refractivity contribution < 1.29 is 14.3 Å². The highest BCUT2D eigenvalue weighted by molar-refractivity contribution is 9.10. The van der Waals surface area contributed by atoms with Crippen molar-refractivity contribution in [2.45, 2.75) is 0 Å². The van der Waals surface area contributed by atoms with E-state index < -0.39 is 5.97 Å². The van der Waals surface area contributed by atoms with E-state index >= 15 is 0 Å². The van der Waals surface area contributed by atoms with Crippen molar-refractivity contribution >= 4 is 27.6 Å². The lowest BCUT2D eigenvalue weighted by Gasteiger charge is -2.03. The molecule has 2 rings (SSSR count). The standard InChI is InChI=1S/C14H9BrN2O2/c15-11-8-4-5-9-12(11)19-14(18)13(17-16)10-6-2-1-3-7-10/h1-9H. The average Bonchev–Trinajstić information content (AvgIpc) is 2.43. The molecule has 0 saturated heterocycles. The van der Waals surface area contributed by atoms with Gasteiger partial charge in [-0.2, -0.15) is 4.79 Å². The first-order valence-corrected chi connectivity index (χ1v) is 6.26. The summed E-state index contributed by atoms with van der Waals surface area (Å²) in [5.41, 5.74) is 9.32. The second kappa shape index (κ2) is 6.09. The van der Waals surface area contributed by atoms with Gasteiger partial charge in [0.05, 0.1) is 10.0 Å². The predicted octanol–water partition coefficient (Wildman–Crippen LogP) is 3.07. The molecule has 19 heavy (non-hydrogen) atoms. The summed E-state index contributed by atoms with van der Waals surface area (Å²) >= 11 is 3.27. The molecule has 4 nitrogen and oxygen atoms in total. The third-order valence-electron chi connectivity index (χ3n) is 2.38. The summed E-state index contributed by atoms with van der Waals surface area (Å²) in [5.74, 6) is -0.356. The van der Waals surface area contributed by atoms with E-state index in [0.29, 0.717) is 15.8 Å². The number of hydrogen-bond donors (Lipinski definition) is 0. The minimum atomic E-state index is -0.722. The lowest BCUT2D eigenvalue weighted by atomic mass is 10.1. The zero-order valence-electron chi connectivity index (χ0n) is 9.79. The van der Waals surface area contributed by atoms with Gasteiger partial charge >= 0.3 is 11.7 Å². The van der Waals surface area contributed by atoms with Crippen LogP contribution in [0.25, 0.3) is 5.53 Å². The van der Waals surface area contributed by atoms with E-state index in [9.17, 15) is 4.79 Å². The zero-order chi connectivity index (χ0) is 13.7. The molecule has 5 heteroatoms. The van der Waals surface area contributed by atoms with E-state index in [-0.39, 0.29) is 5.71 Å². The zero-order valence-corrected chi connectivity index (χ0v) is 11.4. The second-order valence-electron chi connectivity index (χ2n) is 3.63. The van der Waals surface area contributed by atoms with Gasteiger partial charge in [-0.15, -0.1) is 0 Å². The van der Waals surface area contributed by atoms with Crippen molar-refractivity contribution in [2.24, 2.45) is 0 Å². The molecule has 0 bridgehead atoms. The molecule has 0 amide bonds. The minimum Gasteiger partial charge on any atom is -0.416 e. The maximum Gasteiger partial charge on any atom is 0.427 e. The van der Waals surface area contributed by atoms with E-state index in [1.165, 1.54) is 0 Å². The topological polar surface area (TPSA) is 62.7 Å². The van der Waals surface area contributed by atoms with E-state index in [1.807, 2.05) is 0 Å². The van der Waals surface area contributed by atoms with Crippen molar-refractivity contribution in [3.05, 3.63) is 70.2 Å². The van der Waals surface area contributed by atoms with Crippen molar-refractivity contribution in [1.82, 2.24) is 0 Å². The average molecular weight is 317 g/mol. The van der Waals surface area contributed by atoms with Gasteiger partial charge in [-0.3, -0.25) is 0 Å². The highest BCUT2D eigenvalue weighted by Crippen LogP contribution is 2.24. The van der Waals surface area contributed by atoms with Gasteiger partial charge in [0.2, 0.25) is 0 Å². The van der Waals surface area contributed by atoms with Gasteiger partial charge in [0.15, 0.2) is 0 Å². The number of para-hydroxylation sites is 1. The molecule has 0 saturated carbocycles. The van der Waals surface area contributed by atoms with Gasteiger partial charge in [0, 0.05) is 0 Å². The van der Waals surface area contributed by atoms with Crippen molar-refractivity contribution in [2.75, 3.05) is 0 Å². The van der Waals surface area contributed by atoms with E-state index in [2.05, 4.69) is 20.7 Å². The third kappa shape index (κ3) is 3.16. The van der Waals surface area contributed by atoms with Gasteiger partial charge < -0.3 is 10.3 Å². The number of nitrogens with zero attached hydrogens (tertiary/aromatic N) is 2. The summed E-state index contributed by atoms with van der Waals surface area (Å²) in [7, 11) is 0. The molecule has 0 aromatic heterocycles. The van der Waals surface area contributed by atoms with Crippen molar-refractivity contribution in [3.8, 4) is 5.75 Å². The number of carbonyl (C=O) groups excluding carboxylic acids is 1. The van der Waals surface area contributed by atoms with Crippen LogP contribution >= 0.6 is 15.9 Å². The van der Waals surface area contributed by atoms with E-state index in [1.54, 1.807) is 54.6 Å². The van der Waals surface area contributed by atoms with Gasteiger partial charge in [0.1, 0.15) is 5.75 Å². The molecule has 0 atom stereocenters. The lowest BCUT2D eigenvalue weighted by molar-refractivity contribution is -0.131. The SMILES string of the molecule is [N-]=[N+]=C(C(=O)Oc1ccccc1Br)c1ccccc1. The number of carbonyl (C=O) groups is 1. The molecule has 0 N–H and O–H groups in total. The summed E-state index contributed by atoms with van der Waals surface area (Å²) in [6.45, 7) is 0. The van der Waals surface area contributed by atoms with Crippen LogP contribution in [-0.4, -0.2) is 16.5 Å². The Bertz CT molecular complexity index is 650. The van der Waals surface area contributed by atoms with Crippen LogP contribution in [0, 0.1) is 0 Å².